The lowest BCUT2D eigenvalue weighted by Gasteiger charge is -2.41. The van der Waals surface area contributed by atoms with Crippen LogP contribution in [-0.4, -0.2) is 55.0 Å². The van der Waals surface area contributed by atoms with Gasteiger partial charge in [-0.2, -0.15) is 0 Å². The van der Waals surface area contributed by atoms with Crippen molar-refractivity contribution in [1.82, 2.24) is 9.80 Å². The van der Waals surface area contributed by atoms with Crippen LogP contribution in [0, 0.1) is 5.92 Å². The number of carbonyl (C=O) groups is 1. The van der Waals surface area contributed by atoms with Crippen molar-refractivity contribution in [3.8, 4) is 0 Å². The summed E-state index contributed by atoms with van der Waals surface area (Å²) in [7, 11) is 3.61. The summed E-state index contributed by atoms with van der Waals surface area (Å²) in [4.78, 5) is 15.8. The molecule has 0 spiro atoms. The Morgan fingerprint density at radius 2 is 2.12 bits per heavy atom. The van der Waals surface area contributed by atoms with Gasteiger partial charge in [0.15, 0.2) is 0 Å². The third-order valence-electron chi connectivity index (χ3n) is 3.84. The second-order valence-electron chi connectivity index (χ2n) is 5.60. The third-order valence-corrected chi connectivity index (χ3v) is 3.84. The van der Waals surface area contributed by atoms with E-state index in [0.29, 0.717) is 19.0 Å². The van der Waals surface area contributed by atoms with Gasteiger partial charge in [0.1, 0.15) is 0 Å². The van der Waals surface area contributed by atoms with E-state index < -0.39 is 0 Å². The molecule has 2 N–H and O–H groups in total. The minimum absolute atomic E-state index is 0.172. The van der Waals surface area contributed by atoms with Crippen molar-refractivity contribution in [2.75, 3.05) is 27.2 Å². The first-order chi connectivity index (χ1) is 7.95. The molecule has 4 heteroatoms. The van der Waals surface area contributed by atoms with E-state index in [0.717, 1.165) is 12.5 Å². The molecule has 0 radical (unpaired) electrons. The number of nitrogens with two attached hydrogens (primary N) is 1. The summed E-state index contributed by atoms with van der Waals surface area (Å²) < 4.78 is 0. The monoisotopic (exact) mass is 241 g/mol. The predicted molar refractivity (Wildman–Crippen MR) is 70.7 cm³/mol. The van der Waals surface area contributed by atoms with Gasteiger partial charge in [0.2, 0.25) is 5.91 Å². The van der Waals surface area contributed by atoms with E-state index in [4.69, 9.17) is 5.73 Å². The van der Waals surface area contributed by atoms with Crippen LogP contribution in [-0.2, 0) is 4.79 Å². The Labute approximate surface area is 105 Å². The fraction of sp³-hybridized carbons (Fsp3) is 0.923. The molecule has 0 aliphatic carbocycles. The van der Waals surface area contributed by atoms with Crippen molar-refractivity contribution in [2.45, 2.75) is 45.2 Å². The third kappa shape index (κ3) is 3.96. The highest BCUT2D eigenvalue weighted by Crippen LogP contribution is 2.24. The molecular formula is C13H27N3O. The van der Waals surface area contributed by atoms with Crippen molar-refractivity contribution in [1.29, 1.82) is 0 Å². The number of hydrogen-bond acceptors (Lipinski definition) is 3. The maximum atomic E-state index is 11.8. The minimum Gasteiger partial charge on any atom is -0.349 e. The Balaban J connectivity index is 2.58. The quantitative estimate of drug-likeness (QED) is 0.796. The van der Waals surface area contributed by atoms with Crippen molar-refractivity contribution in [3.05, 3.63) is 0 Å². The summed E-state index contributed by atoms with van der Waals surface area (Å²) in [5.74, 6) is 0.968. The molecule has 4 nitrogen and oxygen atoms in total. The van der Waals surface area contributed by atoms with E-state index in [1.54, 1.807) is 19.0 Å². The number of hydrogen-bond donors (Lipinski definition) is 1. The Bertz CT molecular complexity index is 255. The zero-order valence-corrected chi connectivity index (χ0v) is 11.6. The largest absolute Gasteiger partial charge is 0.349 e. The average molecular weight is 241 g/mol. The highest BCUT2D eigenvalue weighted by atomic mass is 16.2. The molecular weight excluding hydrogens is 214 g/mol. The fourth-order valence-electron chi connectivity index (χ4n) is 2.69. The Morgan fingerprint density at radius 1 is 1.47 bits per heavy atom. The number of carbonyl (C=O) groups excluding carboxylic acids is 1. The minimum atomic E-state index is 0.172. The van der Waals surface area contributed by atoms with Crippen LogP contribution in [0.4, 0.5) is 0 Å². The van der Waals surface area contributed by atoms with Gasteiger partial charge in [0.05, 0.1) is 0 Å². The molecule has 100 valence electrons. The van der Waals surface area contributed by atoms with E-state index in [9.17, 15) is 4.79 Å². The first kappa shape index (κ1) is 14.5. The van der Waals surface area contributed by atoms with Gasteiger partial charge in [-0.3, -0.25) is 9.69 Å². The number of likely N-dealkylation sites (tertiary alicyclic amines) is 1. The van der Waals surface area contributed by atoms with Gasteiger partial charge in [-0.1, -0.05) is 6.92 Å². The van der Waals surface area contributed by atoms with E-state index in [1.807, 2.05) is 0 Å². The normalized spacial score (nSPS) is 27.8. The standard InChI is InChI=1S/C13H27N3O/c1-10-5-6-16(11(2)7-10)12(9-14)8-13(17)15(3)4/h10-12H,5-9,14H2,1-4H3. The summed E-state index contributed by atoms with van der Waals surface area (Å²) in [5.41, 5.74) is 5.84. The molecule has 1 amide bonds. The molecule has 3 unspecified atom stereocenters. The summed E-state index contributed by atoms with van der Waals surface area (Å²) in [6.45, 7) is 6.19. The molecule has 0 aromatic carbocycles. The second kappa shape index (κ2) is 6.36. The van der Waals surface area contributed by atoms with Crippen LogP contribution in [0.3, 0.4) is 0 Å². The second-order valence-corrected chi connectivity index (χ2v) is 5.60. The van der Waals surface area contributed by atoms with Crippen LogP contribution in [0.15, 0.2) is 0 Å². The van der Waals surface area contributed by atoms with Gasteiger partial charge >= 0.3 is 0 Å². The molecule has 1 aliphatic rings. The van der Waals surface area contributed by atoms with Crippen LogP contribution in [0.25, 0.3) is 0 Å². The predicted octanol–water partition coefficient (Wildman–Crippen LogP) is 0.912. The molecule has 1 heterocycles. The first-order valence-corrected chi connectivity index (χ1v) is 6.61. The lowest BCUT2D eigenvalue weighted by atomic mass is 9.91. The van der Waals surface area contributed by atoms with Crippen molar-refractivity contribution in [3.63, 3.8) is 0 Å². The lowest BCUT2D eigenvalue weighted by molar-refractivity contribution is -0.130. The molecule has 1 fully saturated rings. The molecule has 0 aromatic rings. The first-order valence-electron chi connectivity index (χ1n) is 6.61. The number of amides is 1. The smallest absolute Gasteiger partial charge is 0.223 e. The highest BCUT2D eigenvalue weighted by molar-refractivity contribution is 5.76. The summed E-state index contributed by atoms with van der Waals surface area (Å²) >= 11 is 0. The Hall–Kier alpha value is -0.610. The van der Waals surface area contributed by atoms with E-state index in [1.165, 1.54) is 12.8 Å². The van der Waals surface area contributed by atoms with E-state index >= 15 is 0 Å². The molecule has 0 aromatic heterocycles. The molecule has 0 saturated carbocycles. The van der Waals surface area contributed by atoms with Gasteiger partial charge in [0, 0.05) is 39.1 Å². The van der Waals surface area contributed by atoms with Gasteiger partial charge in [-0.15, -0.1) is 0 Å². The zero-order chi connectivity index (χ0) is 13.0. The number of piperidine rings is 1. The van der Waals surface area contributed by atoms with Crippen molar-refractivity contribution >= 4 is 5.91 Å². The van der Waals surface area contributed by atoms with Gasteiger partial charge in [0.25, 0.3) is 0 Å². The van der Waals surface area contributed by atoms with Crippen LogP contribution < -0.4 is 5.73 Å². The van der Waals surface area contributed by atoms with Gasteiger partial charge in [-0.25, -0.2) is 0 Å². The number of nitrogens with zero attached hydrogens (tertiary/aromatic N) is 2. The topological polar surface area (TPSA) is 49.6 Å². The molecule has 3 atom stereocenters. The summed E-state index contributed by atoms with van der Waals surface area (Å²) in [5, 5.41) is 0. The molecule has 1 saturated heterocycles. The highest BCUT2D eigenvalue weighted by Gasteiger charge is 2.29. The van der Waals surface area contributed by atoms with Crippen molar-refractivity contribution in [2.24, 2.45) is 11.7 Å². The average Bonchev–Trinajstić information content (AvgIpc) is 2.26. The molecule has 17 heavy (non-hydrogen) atoms. The van der Waals surface area contributed by atoms with Gasteiger partial charge < -0.3 is 10.6 Å². The van der Waals surface area contributed by atoms with E-state index in [2.05, 4.69) is 18.7 Å². The van der Waals surface area contributed by atoms with Crippen LogP contribution in [0.5, 0.6) is 0 Å². The summed E-state index contributed by atoms with van der Waals surface area (Å²) in [6, 6.07) is 0.745. The molecule has 1 rings (SSSR count). The van der Waals surface area contributed by atoms with Gasteiger partial charge in [-0.05, 0) is 32.2 Å². The Kier molecular flexibility index (Phi) is 5.40. The number of rotatable bonds is 4. The van der Waals surface area contributed by atoms with Crippen molar-refractivity contribution < 1.29 is 4.79 Å². The Morgan fingerprint density at radius 3 is 2.59 bits per heavy atom. The van der Waals surface area contributed by atoms with Crippen LogP contribution >= 0.6 is 0 Å². The molecule has 1 aliphatic heterocycles. The maximum Gasteiger partial charge on any atom is 0.223 e. The SMILES string of the molecule is CC1CCN(C(CN)CC(=O)N(C)C)C(C)C1. The van der Waals surface area contributed by atoms with Crippen LogP contribution in [0.2, 0.25) is 0 Å². The maximum absolute atomic E-state index is 11.8. The summed E-state index contributed by atoms with van der Waals surface area (Å²) in [6.07, 6.45) is 2.98. The fourth-order valence-corrected chi connectivity index (χ4v) is 2.69. The van der Waals surface area contributed by atoms with E-state index in [-0.39, 0.29) is 11.9 Å². The lowest BCUT2D eigenvalue weighted by Crippen LogP contribution is -2.51. The molecule has 0 bridgehead atoms. The zero-order valence-electron chi connectivity index (χ0n) is 11.6. The van der Waals surface area contributed by atoms with Crippen LogP contribution in [0.1, 0.15) is 33.1 Å².